The number of nitrogens with one attached hydrogen (secondary N) is 1. The zero-order valence-electron chi connectivity index (χ0n) is 19.9. The van der Waals surface area contributed by atoms with Crippen LogP contribution in [0.5, 0.6) is 5.75 Å². The summed E-state index contributed by atoms with van der Waals surface area (Å²) >= 11 is 25.0. The molecule has 1 aliphatic heterocycles. The van der Waals surface area contributed by atoms with Crippen molar-refractivity contribution in [3.05, 3.63) is 103 Å². The number of carbonyl (C=O) groups excluding carboxylic acids is 2. The quantitative estimate of drug-likeness (QED) is 0.139. The molecule has 1 aliphatic rings. The summed E-state index contributed by atoms with van der Waals surface area (Å²) in [5, 5.41) is 13.4. The van der Waals surface area contributed by atoms with Crippen LogP contribution in [0, 0.1) is 0 Å². The summed E-state index contributed by atoms with van der Waals surface area (Å²) < 4.78 is 5.35. The van der Waals surface area contributed by atoms with E-state index in [0.29, 0.717) is 27.8 Å². The number of fused-ring (bicyclic) bond motifs is 1. The highest BCUT2D eigenvalue weighted by atomic mass is 35.5. The van der Waals surface area contributed by atoms with Crippen LogP contribution in [0.1, 0.15) is 22.7 Å². The van der Waals surface area contributed by atoms with Crippen molar-refractivity contribution in [2.24, 2.45) is 0 Å². The van der Waals surface area contributed by atoms with Gasteiger partial charge in [0.1, 0.15) is 11.5 Å². The first-order valence-corrected chi connectivity index (χ1v) is 13.0. The molecule has 1 aromatic heterocycles. The van der Waals surface area contributed by atoms with Gasteiger partial charge < -0.3 is 19.7 Å². The van der Waals surface area contributed by atoms with E-state index in [1.54, 1.807) is 19.2 Å². The van der Waals surface area contributed by atoms with Gasteiger partial charge in [-0.25, -0.2) is 0 Å². The zero-order valence-corrected chi connectivity index (χ0v) is 22.9. The number of hydrogen-bond acceptors (Lipinski definition) is 4. The molecule has 0 bridgehead atoms. The fourth-order valence-corrected chi connectivity index (χ4v) is 5.73. The Labute approximate surface area is 238 Å². The summed E-state index contributed by atoms with van der Waals surface area (Å²) in [5.74, 6) is -1.32. The van der Waals surface area contributed by atoms with Gasteiger partial charge in [0, 0.05) is 44.3 Å². The van der Waals surface area contributed by atoms with Gasteiger partial charge in [0.05, 0.1) is 23.7 Å². The van der Waals surface area contributed by atoms with Crippen molar-refractivity contribution in [3.63, 3.8) is 0 Å². The SMILES string of the molecule is COc1ccc2[nH]cc(CCN3C(=O)C(=O)C(=C(O)c4ccc(Cl)cc4Cl)[C@H]3c3ccc(Cl)cc3Cl)c2c1. The van der Waals surface area contributed by atoms with E-state index in [2.05, 4.69) is 4.98 Å². The number of ketones is 1. The topological polar surface area (TPSA) is 82.6 Å². The average molecular weight is 590 g/mol. The van der Waals surface area contributed by atoms with E-state index in [9.17, 15) is 14.7 Å². The van der Waals surface area contributed by atoms with Crippen molar-refractivity contribution in [3.8, 4) is 5.75 Å². The first-order valence-electron chi connectivity index (χ1n) is 11.5. The van der Waals surface area contributed by atoms with Crippen molar-refractivity contribution in [1.29, 1.82) is 0 Å². The number of hydrogen-bond donors (Lipinski definition) is 2. The Bertz CT molecular complexity index is 1630. The molecule has 1 atom stereocenters. The molecule has 5 rings (SSSR count). The lowest BCUT2D eigenvalue weighted by Crippen LogP contribution is -2.31. The van der Waals surface area contributed by atoms with Crippen LogP contribution < -0.4 is 4.74 Å². The number of nitrogens with zero attached hydrogens (tertiary/aromatic N) is 1. The molecule has 194 valence electrons. The van der Waals surface area contributed by atoms with E-state index in [-0.39, 0.29) is 27.7 Å². The third kappa shape index (κ3) is 4.74. The Morgan fingerprint density at radius 1 is 0.974 bits per heavy atom. The van der Waals surface area contributed by atoms with E-state index < -0.39 is 23.5 Å². The van der Waals surface area contributed by atoms with Crippen LogP contribution in [-0.2, 0) is 16.0 Å². The number of methoxy groups -OCH3 is 1. The third-order valence-corrected chi connectivity index (χ3v) is 7.69. The molecule has 6 nitrogen and oxygen atoms in total. The molecule has 1 saturated heterocycles. The second-order valence-electron chi connectivity index (χ2n) is 8.76. The zero-order chi connectivity index (χ0) is 27.1. The Morgan fingerprint density at radius 2 is 1.68 bits per heavy atom. The van der Waals surface area contributed by atoms with Gasteiger partial charge >= 0.3 is 0 Å². The Kier molecular flexibility index (Phi) is 7.34. The Morgan fingerprint density at radius 3 is 2.37 bits per heavy atom. The smallest absolute Gasteiger partial charge is 0.295 e. The minimum absolute atomic E-state index is 0.121. The number of amides is 1. The van der Waals surface area contributed by atoms with E-state index in [1.165, 1.54) is 29.2 Å². The Balaban J connectivity index is 1.60. The van der Waals surface area contributed by atoms with Gasteiger partial charge in [-0.1, -0.05) is 52.5 Å². The molecule has 2 N–H and O–H groups in total. The van der Waals surface area contributed by atoms with Crippen molar-refractivity contribution in [2.75, 3.05) is 13.7 Å². The molecule has 3 aromatic carbocycles. The van der Waals surface area contributed by atoms with Gasteiger partial charge in [0.25, 0.3) is 11.7 Å². The number of Topliss-reactive ketones (excluding diaryl/α,β-unsaturated/α-hetero) is 1. The van der Waals surface area contributed by atoms with Crippen LogP contribution in [0.25, 0.3) is 16.7 Å². The highest BCUT2D eigenvalue weighted by Crippen LogP contribution is 2.43. The number of likely N-dealkylation sites (tertiary alicyclic amines) is 1. The second-order valence-corrected chi connectivity index (χ2v) is 10.4. The van der Waals surface area contributed by atoms with Gasteiger partial charge in [-0.05, 0) is 66.1 Å². The number of H-pyrrole nitrogens is 1. The first kappa shape index (κ1) is 26.4. The molecule has 0 aliphatic carbocycles. The molecule has 0 radical (unpaired) electrons. The van der Waals surface area contributed by atoms with E-state index >= 15 is 0 Å². The maximum absolute atomic E-state index is 13.4. The number of aliphatic hydroxyl groups is 1. The number of aliphatic hydroxyl groups excluding tert-OH is 1. The largest absolute Gasteiger partial charge is 0.507 e. The molecule has 1 fully saturated rings. The van der Waals surface area contributed by atoms with Gasteiger partial charge in [0.15, 0.2) is 0 Å². The molecule has 0 spiro atoms. The normalized spacial score (nSPS) is 17.0. The van der Waals surface area contributed by atoms with Crippen LogP contribution in [0.15, 0.2) is 66.4 Å². The van der Waals surface area contributed by atoms with Crippen LogP contribution in [0.3, 0.4) is 0 Å². The molecular weight excluding hydrogens is 570 g/mol. The number of aromatic nitrogens is 1. The molecule has 0 saturated carbocycles. The number of aromatic amines is 1. The van der Waals surface area contributed by atoms with Gasteiger partial charge in [-0.2, -0.15) is 0 Å². The van der Waals surface area contributed by atoms with Crippen LogP contribution in [0.2, 0.25) is 20.1 Å². The summed E-state index contributed by atoms with van der Waals surface area (Å²) in [6, 6.07) is 14.0. The monoisotopic (exact) mass is 588 g/mol. The van der Waals surface area contributed by atoms with Gasteiger partial charge in [-0.15, -0.1) is 0 Å². The lowest BCUT2D eigenvalue weighted by molar-refractivity contribution is -0.139. The second kappa shape index (κ2) is 10.5. The van der Waals surface area contributed by atoms with Crippen molar-refractivity contribution >= 4 is 74.8 Å². The van der Waals surface area contributed by atoms with Crippen LogP contribution in [-0.4, -0.2) is 40.3 Å². The average Bonchev–Trinajstić information content (AvgIpc) is 3.40. The highest BCUT2D eigenvalue weighted by Gasteiger charge is 2.46. The number of benzene rings is 3. The number of halogens is 4. The van der Waals surface area contributed by atoms with Gasteiger partial charge in [0.2, 0.25) is 0 Å². The predicted molar refractivity (Wildman–Crippen MR) is 150 cm³/mol. The Hall–Kier alpha value is -3.16. The molecule has 0 unspecified atom stereocenters. The predicted octanol–water partition coefficient (Wildman–Crippen LogP) is 7.45. The summed E-state index contributed by atoms with van der Waals surface area (Å²) in [6.45, 7) is 0.170. The molecule has 1 amide bonds. The molecule has 4 aromatic rings. The van der Waals surface area contributed by atoms with Crippen molar-refractivity contribution in [2.45, 2.75) is 12.5 Å². The van der Waals surface area contributed by atoms with Crippen LogP contribution >= 0.6 is 46.4 Å². The van der Waals surface area contributed by atoms with E-state index in [1.807, 2.05) is 24.4 Å². The maximum atomic E-state index is 13.4. The van der Waals surface area contributed by atoms with E-state index in [4.69, 9.17) is 51.1 Å². The summed E-state index contributed by atoms with van der Waals surface area (Å²) in [4.78, 5) is 31.3. The number of ether oxygens (including phenoxy) is 1. The first-order chi connectivity index (χ1) is 18.2. The van der Waals surface area contributed by atoms with Crippen molar-refractivity contribution < 1.29 is 19.4 Å². The molecule has 10 heteroatoms. The molecule has 2 heterocycles. The van der Waals surface area contributed by atoms with Crippen LogP contribution in [0.4, 0.5) is 0 Å². The lowest BCUT2D eigenvalue weighted by atomic mass is 9.95. The third-order valence-electron chi connectivity index (χ3n) is 6.58. The standard InChI is InChI=1S/C28H20Cl4N2O4/c1-38-17-4-7-23-20(12-17)14(13-33-23)8-9-34-25(18-5-2-15(29)10-21(18)31)24(27(36)28(34)37)26(35)19-6-3-16(30)11-22(19)32/h2-7,10-13,25,33,35H,8-9H2,1H3/t25-/m1/s1. The fraction of sp³-hybridized carbons (Fsp3) is 0.143. The number of rotatable bonds is 6. The fourth-order valence-electron chi connectivity index (χ4n) is 4.72. The summed E-state index contributed by atoms with van der Waals surface area (Å²) in [5.41, 5.74) is 2.35. The van der Waals surface area contributed by atoms with Gasteiger partial charge in [-0.3, -0.25) is 9.59 Å². The van der Waals surface area contributed by atoms with E-state index in [0.717, 1.165) is 16.5 Å². The summed E-state index contributed by atoms with van der Waals surface area (Å²) in [7, 11) is 1.59. The summed E-state index contributed by atoms with van der Waals surface area (Å²) in [6.07, 6.45) is 2.28. The van der Waals surface area contributed by atoms with Crippen molar-refractivity contribution in [1.82, 2.24) is 9.88 Å². The minimum Gasteiger partial charge on any atom is -0.507 e. The molecular formula is C28H20Cl4N2O4. The number of carbonyl (C=O) groups is 2. The minimum atomic E-state index is -0.966. The molecule has 38 heavy (non-hydrogen) atoms. The maximum Gasteiger partial charge on any atom is 0.295 e. The highest BCUT2D eigenvalue weighted by molar-refractivity contribution is 6.47. The lowest BCUT2D eigenvalue weighted by Gasteiger charge is -2.26.